The average Bonchev–Trinajstić information content (AvgIpc) is 2.51. The molecule has 0 atom stereocenters. The van der Waals surface area contributed by atoms with Gasteiger partial charge < -0.3 is 9.64 Å². The number of benzene rings is 1. The topological polar surface area (TPSA) is 37.7 Å². The van der Waals surface area contributed by atoms with Crippen molar-refractivity contribution in [3.05, 3.63) is 46.6 Å². The summed E-state index contributed by atoms with van der Waals surface area (Å²) in [6.07, 6.45) is 1.81. The number of rotatable bonds is 5. The normalized spacial score (nSPS) is 11.0. The minimum atomic E-state index is 0.586. The van der Waals surface area contributed by atoms with E-state index in [4.69, 9.17) is 16.3 Å². The van der Waals surface area contributed by atoms with E-state index < -0.39 is 0 Å². The molecule has 0 aliphatic carbocycles. The Hall–Kier alpha value is -2.07. The Labute approximate surface area is 136 Å². The molecule has 1 aromatic carbocycles. The van der Waals surface area contributed by atoms with Crippen molar-refractivity contribution in [2.45, 2.75) is 20.8 Å². The molecule has 4 nitrogen and oxygen atoms in total. The van der Waals surface area contributed by atoms with E-state index in [1.807, 2.05) is 50.3 Å². The number of nitrogens with zero attached hydrogens (tertiary/aromatic N) is 3. The second-order valence-corrected chi connectivity index (χ2v) is 5.53. The molecule has 2 aromatic rings. The van der Waals surface area contributed by atoms with Gasteiger partial charge in [-0.05, 0) is 51.1 Å². The van der Waals surface area contributed by atoms with Crippen molar-refractivity contribution < 1.29 is 4.74 Å². The van der Waals surface area contributed by atoms with Crippen LogP contribution >= 0.6 is 11.6 Å². The van der Waals surface area contributed by atoms with Crippen LogP contribution in [0.5, 0.6) is 11.6 Å². The first-order valence-electron chi connectivity index (χ1n) is 7.15. The molecule has 5 heteroatoms. The van der Waals surface area contributed by atoms with Gasteiger partial charge in [0, 0.05) is 24.2 Å². The lowest BCUT2D eigenvalue weighted by molar-refractivity contribution is 0.458. The number of aliphatic imine (C=N–C) groups is 1. The lowest BCUT2D eigenvalue weighted by Crippen LogP contribution is -2.14. The Morgan fingerprint density at radius 1 is 1.27 bits per heavy atom. The maximum absolute atomic E-state index is 5.87. The number of pyridine rings is 1. The lowest BCUT2D eigenvalue weighted by atomic mass is 10.2. The summed E-state index contributed by atoms with van der Waals surface area (Å²) >= 11 is 5.87. The Balaban J connectivity index is 2.22. The maximum atomic E-state index is 5.87. The summed E-state index contributed by atoms with van der Waals surface area (Å²) in [5.74, 6) is 1.30. The van der Waals surface area contributed by atoms with Gasteiger partial charge in [-0.2, -0.15) is 0 Å². The molecule has 1 aromatic heterocycles. The van der Waals surface area contributed by atoms with Crippen LogP contribution in [-0.4, -0.2) is 29.8 Å². The first kappa shape index (κ1) is 16.3. The van der Waals surface area contributed by atoms with Gasteiger partial charge in [-0.15, -0.1) is 0 Å². The molecule has 0 spiro atoms. The van der Waals surface area contributed by atoms with Crippen molar-refractivity contribution in [1.29, 1.82) is 0 Å². The molecule has 1 heterocycles. The highest BCUT2D eigenvalue weighted by atomic mass is 35.5. The standard InChI is InChI=1S/C17H20ClN3O/c1-5-21(4)11-19-16-10-12(2)17(20-13(16)3)22-15-8-6-14(18)7-9-15/h6-11H,5H2,1-4H3. The molecule has 0 unspecified atom stereocenters. The zero-order valence-electron chi connectivity index (χ0n) is 13.3. The molecule has 2 rings (SSSR count). The highest BCUT2D eigenvalue weighted by molar-refractivity contribution is 6.30. The molecule has 22 heavy (non-hydrogen) atoms. The molecule has 0 aliphatic rings. The van der Waals surface area contributed by atoms with Gasteiger partial charge in [-0.3, -0.25) is 0 Å². The number of hydrogen-bond donors (Lipinski definition) is 0. The molecule has 0 bridgehead atoms. The second kappa shape index (κ2) is 7.27. The van der Waals surface area contributed by atoms with E-state index in [-0.39, 0.29) is 0 Å². The lowest BCUT2D eigenvalue weighted by Gasteiger charge is -2.11. The molecule has 0 saturated heterocycles. The van der Waals surface area contributed by atoms with Gasteiger partial charge in [0.1, 0.15) is 5.75 Å². The summed E-state index contributed by atoms with van der Waals surface area (Å²) in [6, 6.07) is 9.20. The van der Waals surface area contributed by atoms with E-state index in [0.29, 0.717) is 16.7 Å². The third kappa shape index (κ3) is 4.21. The fourth-order valence-corrected chi connectivity index (χ4v) is 1.89. The van der Waals surface area contributed by atoms with Crippen LogP contribution in [0.15, 0.2) is 35.3 Å². The maximum Gasteiger partial charge on any atom is 0.222 e. The zero-order chi connectivity index (χ0) is 16.1. The monoisotopic (exact) mass is 317 g/mol. The van der Waals surface area contributed by atoms with Gasteiger partial charge in [0.25, 0.3) is 0 Å². The molecule has 0 aliphatic heterocycles. The molecular weight excluding hydrogens is 298 g/mol. The summed E-state index contributed by atoms with van der Waals surface area (Å²) < 4.78 is 5.81. The largest absolute Gasteiger partial charge is 0.439 e. The van der Waals surface area contributed by atoms with E-state index in [9.17, 15) is 0 Å². The van der Waals surface area contributed by atoms with Crippen molar-refractivity contribution >= 4 is 23.6 Å². The molecule has 0 fully saturated rings. The third-order valence-electron chi connectivity index (χ3n) is 3.25. The quantitative estimate of drug-likeness (QED) is 0.589. The van der Waals surface area contributed by atoms with Crippen molar-refractivity contribution in [1.82, 2.24) is 9.88 Å². The number of hydrogen-bond acceptors (Lipinski definition) is 3. The van der Waals surface area contributed by atoms with E-state index >= 15 is 0 Å². The van der Waals surface area contributed by atoms with E-state index in [0.717, 1.165) is 23.5 Å². The smallest absolute Gasteiger partial charge is 0.222 e. The number of aromatic nitrogens is 1. The Bertz CT molecular complexity index is 668. The first-order chi connectivity index (χ1) is 10.5. The number of aryl methyl sites for hydroxylation is 2. The van der Waals surface area contributed by atoms with Crippen molar-refractivity contribution in [3.63, 3.8) is 0 Å². The zero-order valence-corrected chi connectivity index (χ0v) is 14.1. The van der Waals surface area contributed by atoms with Gasteiger partial charge in [0.2, 0.25) is 5.88 Å². The summed E-state index contributed by atoms with van der Waals surface area (Å²) in [4.78, 5) is 11.0. The van der Waals surface area contributed by atoms with Gasteiger partial charge >= 0.3 is 0 Å². The van der Waals surface area contributed by atoms with E-state index in [1.54, 1.807) is 12.1 Å². The Kier molecular flexibility index (Phi) is 5.39. The van der Waals surface area contributed by atoms with Gasteiger partial charge in [-0.1, -0.05) is 11.6 Å². The second-order valence-electron chi connectivity index (χ2n) is 5.09. The molecule has 0 saturated carbocycles. The molecular formula is C17H20ClN3O. The SMILES string of the molecule is CCN(C)C=Nc1cc(C)c(Oc2ccc(Cl)cc2)nc1C. The summed E-state index contributed by atoms with van der Waals surface area (Å²) in [5.41, 5.74) is 2.61. The van der Waals surface area contributed by atoms with E-state index in [1.165, 1.54) is 0 Å². The van der Waals surface area contributed by atoms with Crippen molar-refractivity contribution in [3.8, 4) is 11.6 Å². The predicted octanol–water partition coefficient (Wildman–Crippen LogP) is 4.76. The highest BCUT2D eigenvalue weighted by Crippen LogP contribution is 2.28. The molecule has 0 amide bonds. The van der Waals surface area contributed by atoms with Crippen LogP contribution in [-0.2, 0) is 0 Å². The molecule has 0 radical (unpaired) electrons. The van der Waals surface area contributed by atoms with Crippen LogP contribution in [0, 0.1) is 13.8 Å². The van der Waals surface area contributed by atoms with Crippen molar-refractivity contribution in [2.75, 3.05) is 13.6 Å². The number of halogens is 1. The fraction of sp³-hybridized carbons (Fsp3) is 0.294. The summed E-state index contributed by atoms with van der Waals surface area (Å²) in [6.45, 7) is 6.87. The van der Waals surface area contributed by atoms with Crippen LogP contribution in [0.4, 0.5) is 5.69 Å². The predicted molar refractivity (Wildman–Crippen MR) is 91.7 cm³/mol. The third-order valence-corrected chi connectivity index (χ3v) is 3.50. The highest BCUT2D eigenvalue weighted by Gasteiger charge is 2.08. The van der Waals surface area contributed by atoms with Crippen molar-refractivity contribution in [2.24, 2.45) is 4.99 Å². The fourth-order valence-electron chi connectivity index (χ4n) is 1.76. The molecule has 116 valence electrons. The number of ether oxygens (including phenoxy) is 1. The summed E-state index contributed by atoms with van der Waals surface area (Å²) in [5, 5.41) is 0.679. The van der Waals surface area contributed by atoms with Crippen LogP contribution in [0.25, 0.3) is 0 Å². The van der Waals surface area contributed by atoms with Gasteiger partial charge in [0.05, 0.1) is 17.7 Å². The van der Waals surface area contributed by atoms with Crippen LogP contribution in [0.1, 0.15) is 18.2 Å². The minimum Gasteiger partial charge on any atom is -0.439 e. The minimum absolute atomic E-state index is 0.586. The van der Waals surface area contributed by atoms with Crippen LogP contribution in [0.3, 0.4) is 0 Å². The van der Waals surface area contributed by atoms with Crippen LogP contribution in [0.2, 0.25) is 5.02 Å². The van der Waals surface area contributed by atoms with Crippen LogP contribution < -0.4 is 4.74 Å². The first-order valence-corrected chi connectivity index (χ1v) is 7.53. The Morgan fingerprint density at radius 3 is 2.59 bits per heavy atom. The van der Waals surface area contributed by atoms with E-state index in [2.05, 4.69) is 16.9 Å². The average molecular weight is 318 g/mol. The molecule has 0 N–H and O–H groups in total. The Morgan fingerprint density at radius 2 is 1.95 bits per heavy atom. The van der Waals surface area contributed by atoms with Gasteiger partial charge in [-0.25, -0.2) is 9.98 Å². The summed E-state index contributed by atoms with van der Waals surface area (Å²) in [7, 11) is 1.98. The van der Waals surface area contributed by atoms with Gasteiger partial charge in [0.15, 0.2) is 0 Å².